The Morgan fingerprint density at radius 3 is 2.23 bits per heavy atom. The second-order valence-corrected chi connectivity index (χ2v) is 9.62. The zero-order chi connectivity index (χ0) is 21.8. The number of esters is 1. The van der Waals surface area contributed by atoms with Crippen molar-refractivity contribution in [3.63, 3.8) is 0 Å². The monoisotopic (exact) mass is 416 g/mol. The van der Waals surface area contributed by atoms with Crippen LogP contribution in [0.25, 0.3) is 0 Å². The van der Waals surface area contributed by atoms with Crippen molar-refractivity contribution in [3.05, 3.63) is 29.8 Å². The number of hydrogen-bond acceptors (Lipinski definition) is 3. The summed E-state index contributed by atoms with van der Waals surface area (Å²) in [6, 6.07) is 7.46. The highest BCUT2D eigenvalue weighted by molar-refractivity contribution is 5.89. The molecule has 1 aliphatic rings. The van der Waals surface area contributed by atoms with Crippen LogP contribution in [0.3, 0.4) is 0 Å². The minimum absolute atomic E-state index is 0.0409. The van der Waals surface area contributed by atoms with Crippen LogP contribution in [0.15, 0.2) is 24.3 Å². The van der Waals surface area contributed by atoms with Gasteiger partial charge in [-0.15, -0.1) is 0 Å². The van der Waals surface area contributed by atoms with E-state index in [1.54, 1.807) is 0 Å². The average molecular weight is 417 g/mol. The summed E-state index contributed by atoms with van der Waals surface area (Å²) in [6.07, 6.45) is 13.8. The predicted octanol–water partition coefficient (Wildman–Crippen LogP) is 7.82. The van der Waals surface area contributed by atoms with E-state index in [-0.39, 0.29) is 12.1 Å². The number of hydrogen-bond donors (Lipinski definition) is 0. The fourth-order valence-electron chi connectivity index (χ4n) is 4.57. The molecule has 3 unspecified atom stereocenters. The molecular formula is C27H44O3. The highest BCUT2D eigenvalue weighted by Gasteiger charge is 2.33. The van der Waals surface area contributed by atoms with Crippen LogP contribution in [-0.4, -0.2) is 18.7 Å². The fraction of sp³-hybridized carbons (Fsp3) is 0.741. The van der Waals surface area contributed by atoms with E-state index >= 15 is 0 Å². The summed E-state index contributed by atoms with van der Waals surface area (Å²) < 4.78 is 11.8. The van der Waals surface area contributed by atoms with Crippen LogP contribution in [-0.2, 0) is 4.74 Å². The molecule has 0 heterocycles. The molecule has 0 aromatic heterocycles. The molecule has 2 rings (SSSR count). The van der Waals surface area contributed by atoms with Crippen LogP contribution in [0.1, 0.15) is 109 Å². The summed E-state index contributed by atoms with van der Waals surface area (Å²) in [6.45, 7) is 9.73. The van der Waals surface area contributed by atoms with Gasteiger partial charge in [-0.2, -0.15) is 0 Å². The lowest BCUT2D eigenvalue weighted by Crippen LogP contribution is -2.35. The first-order valence-electron chi connectivity index (χ1n) is 12.4. The maximum absolute atomic E-state index is 12.7. The van der Waals surface area contributed by atoms with E-state index in [0.717, 1.165) is 31.6 Å². The number of benzene rings is 1. The number of carbonyl (C=O) groups is 1. The maximum Gasteiger partial charge on any atom is 0.338 e. The van der Waals surface area contributed by atoms with Gasteiger partial charge < -0.3 is 9.47 Å². The zero-order valence-corrected chi connectivity index (χ0v) is 19.8. The minimum atomic E-state index is -0.200. The molecule has 0 saturated heterocycles. The van der Waals surface area contributed by atoms with Gasteiger partial charge in [-0.25, -0.2) is 4.79 Å². The molecule has 1 saturated carbocycles. The van der Waals surface area contributed by atoms with Gasteiger partial charge >= 0.3 is 5.97 Å². The van der Waals surface area contributed by atoms with Gasteiger partial charge in [0.15, 0.2) is 0 Å². The van der Waals surface area contributed by atoms with Crippen molar-refractivity contribution in [2.45, 2.75) is 104 Å². The third-order valence-corrected chi connectivity index (χ3v) is 6.58. The first-order chi connectivity index (χ1) is 14.5. The minimum Gasteiger partial charge on any atom is -0.494 e. The second-order valence-electron chi connectivity index (χ2n) is 9.62. The van der Waals surface area contributed by atoms with Crippen molar-refractivity contribution >= 4 is 5.97 Å². The normalized spacial score (nSPS) is 21.6. The molecule has 1 aromatic rings. The largest absolute Gasteiger partial charge is 0.494 e. The van der Waals surface area contributed by atoms with Crippen LogP contribution in [0, 0.1) is 17.8 Å². The van der Waals surface area contributed by atoms with E-state index in [1.165, 1.54) is 51.4 Å². The summed E-state index contributed by atoms with van der Waals surface area (Å²) >= 11 is 0. The molecule has 1 aliphatic carbocycles. The third kappa shape index (κ3) is 8.70. The number of ether oxygens (including phenoxy) is 2. The molecule has 0 spiro atoms. The van der Waals surface area contributed by atoms with Crippen LogP contribution in [0.4, 0.5) is 0 Å². The van der Waals surface area contributed by atoms with Gasteiger partial charge in [0.25, 0.3) is 0 Å². The van der Waals surface area contributed by atoms with E-state index in [9.17, 15) is 4.79 Å². The molecular weight excluding hydrogens is 372 g/mol. The van der Waals surface area contributed by atoms with Crippen molar-refractivity contribution in [3.8, 4) is 5.75 Å². The highest BCUT2D eigenvalue weighted by atomic mass is 16.5. The van der Waals surface area contributed by atoms with Crippen molar-refractivity contribution in [1.82, 2.24) is 0 Å². The lowest BCUT2D eigenvalue weighted by Gasteiger charge is -2.36. The number of rotatable bonds is 13. The molecule has 1 fully saturated rings. The lowest BCUT2D eigenvalue weighted by atomic mass is 9.75. The van der Waals surface area contributed by atoms with Gasteiger partial charge in [0.1, 0.15) is 11.9 Å². The Labute approximate surface area is 184 Å². The van der Waals surface area contributed by atoms with Gasteiger partial charge in [0, 0.05) is 0 Å². The molecule has 30 heavy (non-hydrogen) atoms. The molecule has 3 atom stereocenters. The van der Waals surface area contributed by atoms with Crippen LogP contribution in [0.5, 0.6) is 5.75 Å². The molecule has 3 nitrogen and oxygen atoms in total. The molecule has 0 radical (unpaired) electrons. The fourth-order valence-corrected chi connectivity index (χ4v) is 4.57. The zero-order valence-electron chi connectivity index (χ0n) is 19.8. The smallest absolute Gasteiger partial charge is 0.338 e. The molecule has 170 valence electrons. The summed E-state index contributed by atoms with van der Waals surface area (Å²) in [5, 5.41) is 0. The van der Waals surface area contributed by atoms with Gasteiger partial charge in [-0.1, -0.05) is 79.1 Å². The van der Waals surface area contributed by atoms with Gasteiger partial charge in [-0.05, 0) is 61.3 Å². The Hall–Kier alpha value is -1.51. The Morgan fingerprint density at radius 1 is 0.967 bits per heavy atom. The first-order valence-corrected chi connectivity index (χ1v) is 12.4. The summed E-state index contributed by atoms with van der Waals surface area (Å²) in [5.74, 6) is 2.28. The second kappa shape index (κ2) is 13.7. The average Bonchev–Trinajstić information content (AvgIpc) is 2.73. The van der Waals surface area contributed by atoms with E-state index in [1.807, 2.05) is 24.3 Å². The molecule has 3 heteroatoms. The summed E-state index contributed by atoms with van der Waals surface area (Å²) in [5.41, 5.74) is 0.621. The molecule has 0 amide bonds. The SMILES string of the molecule is CCCCCCCCCCOc1ccc(C(=O)OC2CC(C)CCC2C(C)C)cc1. The molecule has 0 N–H and O–H groups in total. The standard InChI is InChI=1S/C27H44O3/c1-5-6-7-8-9-10-11-12-19-29-24-16-14-23(15-17-24)27(28)30-26-20-22(4)13-18-25(26)21(2)3/h14-17,21-22,25-26H,5-13,18-20H2,1-4H3. The Bertz CT molecular complexity index is 593. The van der Waals surface area contributed by atoms with E-state index in [2.05, 4.69) is 27.7 Å². The highest BCUT2D eigenvalue weighted by Crippen LogP contribution is 2.35. The van der Waals surface area contributed by atoms with E-state index < -0.39 is 0 Å². The number of unbranched alkanes of at least 4 members (excludes halogenated alkanes) is 7. The topological polar surface area (TPSA) is 35.5 Å². The lowest BCUT2D eigenvalue weighted by molar-refractivity contribution is -0.0174. The quantitative estimate of drug-likeness (QED) is 0.243. The van der Waals surface area contributed by atoms with E-state index in [0.29, 0.717) is 23.3 Å². The maximum atomic E-state index is 12.7. The summed E-state index contributed by atoms with van der Waals surface area (Å²) in [4.78, 5) is 12.7. The summed E-state index contributed by atoms with van der Waals surface area (Å²) in [7, 11) is 0. The van der Waals surface area contributed by atoms with Crippen LogP contribution < -0.4 is 4.74 Å². The molecule has 1 aromatic carbocycles. The van der Waals surface area contributed by atoms with E-state index in [4.69, 9.17) is 9.47 Å². The van der Waals surface area contributed by atoms with Crippen molar-refractivity contribution in [2.24, 2.45) is 17.8 Å². The van der Waals surface area contributed by atoms with Crippen LogP contribution in [0.2, 0.25) is 0 Å². The molecule has 0 aliphatic heterocycles. The third-order valence-electron chi connectivity index (χ3n) is 6.58. The predicted molar refractivity (Wildman–Crippen MR) is 125 cm³/mol. The van der Waals surface area contributed by atoms with Crippen LogP contribution >= 0.6 is 0 Å². The Balaban J connectivity index is 1.69. The molecule has 0 bridgehead atoms. The van der Waals surface area contributed by atoms with Gasteiger partial charge in [0.05, 0.1) is 12.2 Å². The number of carbonyl (C=O) groups excluding carboxylic acids is 1. The van der Waals surface area contributed by atoms with Crippen molar-refractivity contribution in [1.29, 1.82) is 0 Å². The van der Waals surface area contributed by atoms with Crippen molar-refractivity contribution in [2.75, 3.05) is 6.61 Å². The first kappa shape index (κ1) is 24.8. The Kier molecular flexibility index (Phi) is 11.3. The van der Waals surface area contributed by atoms with Gasteiger partial charge in [0.2, 0.25) is 0 Å². The van der Waals surface area contributed by atoms with Crippen molar-refractivity contribution < 1.29 is 14.3 Å². The Morgan fingerprint density at radius 2 is 1.60 bits per heavy atom. The van der Waals surface area contributed by atoms with Gasteiger partial charge in [-0.3, -0.25) is 0 Å².